The zero-order valence-electron chi connectivity index (χ0n) is 16.8. The smallest absolute Gasteiger partial charge is 0.251 e. The maximum absolute atomic E-state index is 12.4. The lowest BCUT2D eigenvalue weighted by atomic mass is 10.1. The van der Waals surface area contributed by atoms with Gasteiger partial charge in [-0.05, 0) is 61.2 Å². The van der Waals surface area contributed by atoms with E-state index in [9.17, 15) is 4.79 Å². The van der Waals surface area contributed by atoms with E-state index in [0.29, 0.717) is 23.9 Å². The third-order valence-electron chi connectivity index (χ3n) is 4.97. The van der Waals surface area contributed by atoms with Crippen LogP contribution in [0, 0.1) is 6.92 Å². The summed E-state index contributed by atoms with van der Waals surface area (Å²) < 4.78 is 5.84. The highest BCUT2D eigenvalue weighted by Gasteiger charge is 2.13. The SMILES string of the molecule is Cc1ccccc1-c1nnc(-c2ccc(C(=O)NCCCc3ccccc3)cc2)o1. The highest BCUT2D eigenvalue weighted by atomic mass is 16.4. The molecule has 5 heteroatoms. The molecule has 0 aliphatic heterocycles. The molecule has 0 radical (unpaired) electrons. The first-order valence-electron chi connectivity index (χ1n) is 10.0. The Labute approximate surface area is 175 Å². The molecule has 0 unspecified atom stereocenters. The quantitative estimate of drug-likeness (QED) is 0.442. The number of hydrogen-bond acceptors (Lipinski definition) is 4. The van der Waals surface area contributed by atoms with Crippen molar-refractivity contribution in [2.45, 2.75) is 19.8 Å². The second-order valence-corrected chi connectivity index (χ2v) is 7.15. The minimum absolute atomic E-state index is 0.0826. The fraction of sp³-hybridized carbons (Fsp3) is 0.160. The summed E-state index contributed by atoms with van der Waals surface area (Å²) in [5.74, 6) is 0.840. The predicted molar refractivity (Wildman–Crippen MR) is 117 cm³/mol. The fourth-order valence-electron chi connectivity index (χ4n) is 3.27. The number of aromatic nitrogens is 2. The van der Waals surface area contributed by atoms with Crippen LogP contribution in [-0.4, -0.2) is 22.6 Å². The van der Waals surface area contributed by atoms with E-state index in [4.69, 9.17) is 4.42 Å². The molecule has 0 fully saturated rings. The van der Waals surface area contributed by atoms with Crippen molar-refractivity contribution in [3.63, 3.8) is 0 Å². The first kappa shape index (κ1) is 19.6. The van der Waals surface area contributed by atoms with Crippen molar-refractivity contribution in [3.05, 3.63) is 95.6 Å². The van der Waals surface area contributed by atoms with Crippen molar-refractivity contribution in [3.8, 4) is 22.9 Å². The van der Waals surface area contributed by atoms with Gasteiger partial charge in [0.2, 0.25) is 11.8 Å². The second-order valence-electron chi connectivity index (χ2n) is 7.15. The normalized spacial score (nSPS) is 10.7. The molecular formula is C25H23N3O2. The highest BCUT2D eigenvalue weighted by Crippen LogP contribution is 2.26. The minimum atomic E-state index is -0.0826. The van der Waals surface area contributed by atoms with Gasteiger partial charge in [0.25, 0.3) is 5.91 Å². The molecule has 0 spiro atoms. The van der Waals surface area contributed by atoms with E-state index >= 15 is 0 Å². The van der Waals surface area contributed by atoms with Crippen LogP contribution in [0.2, 0.25) is 0 Å². The standard InChI is InChI=1S/C25H23N3O2/c1-18-8-5-6-12-22(18)25-28-27-24(30-25)21-15-13-20(14-16-21)23(29)26-17-7-11-19-9-3-2-4-10-19/h2-6,8-10,12-16H,7,11,17H2,1H3,(H,26,29). The zero-order valence-corrected chi connectivity index (χ0v) is 16.8. The molecule has 0 atom stereocenters. The first-order chi connectivity index (χ1) is 14.7. The Morgan fingerprint density at radius 1 is 0.867 bits per heavy atom. The Bertz CT molecular complexity index is 1120. The number of nitrogens with one attached hydrogen (secondary N) is 1. The third-order valence-corrected chi connectivity index (χ3v) is 4.97. The molecule has 1 heterocycles. The van der Waals surface area contributed by atoms with E-state index in [1.54, 1.807) is 12.1 Å². The van der Waals surface area contributed by atoms with Crippen LogP contribution in [0.5, 0.6) is 0 Å². The zero-order chi connectivity index (χ0) is 20.8. The summed E-state index contributed by atoms with van der Waals surface area (Å²) in [7, 11) is 0. The molecule has 1 N–H and O–H groups in total. The molecule has 0 saturated carbocycles. The predicted octanol–water partition coefficient (Wildman–Crippen LogP) is 5.07. The molecule has 1 aromatic heterocycles. The van der Waals surface area contributed by atoms with Crippen LogP contribution in [0.4, 0.5) is 0 Å². The number of carbonyl (C=O) groups excluding carboxylic acids is 1. The number of aryl methyl sites for hydroxylation is 2. The average molecular weight is 397 g/mol. The van der Waals surface area contributed by atoms with E-state index in [-0.39, 0.29) is 5.91 Å². The van der Waals surface area contributed by atoms with E-state index in [0.717, 1.165) is 29.5 Å². The van der Waals surface area contributed by atoms with Gasteiger partial charge < -0.3 is 9.73 Å². The van der Waals surface area contributed by atoms with Crippen molar-refractivity contribution in [2.24, 2.45) is 0 Å². The van der Waals surface area contributed by atoms with E-state index in [1.807, 2.05) is 61.5 Å². The van der Waals surface area contributed by atoms with Crippen LogP contribution in [0.1, 0.15) is 27.9 Å². The lowest BCUT2D eigenvalue weighted by Crippen LogP contribution is -2.24. The van der Waals surface area contributed by atoms with E-state index in [2.05, 4.69) is 27.6 Å². The third kappa shape index (κ3) is 4.63. The van der Waals surface area contributed by atoms with E-state index < -0.39 is 0 Å². The number of carbonyl (C=O) groups is 1. The summed E-state index contributed by atoms with van der Waals surface area (Å²) in [5.41, 5.74) is 4.66. The topological polar surface area (TPSA) is 68.0 Å². The fourth-order valence-corrected chi connectivity index (χ4v) is 3.27. The molecule has 4 aromatic rings. The van der Waals surface area contributed by atoms with Crippen LogP contribution >= 0.6 is 0 Å². The second kappa shape index (κ2) is 9.18. The van der Waals surface area contributed by atoms with Gasteiger partial charge in [0.1, 0.15) is 0 Å². The van der Waals surface area contributed by atoms with Crippen LogP contribution in [0.25, 0.3) is 22.9 Å². The summed E-state index contributed by atoms with van der Waals surface area (Å²) in [5, 5.41) is 11.3. The molecule has 150 valence electrons. The molecule has 5 nitrogen and oxygen atoms in total. The largest absolute Gasteiger partial charge is 0.416 e. The van der Waals surface area contributed by atoms with Gasteiger partial charge in [0.15, 0.2) is 0 Å². The van der Waals surface area contributed by atoms with Crippen LogP contribution in [-0.2, 0) is 6.42 Å². The number of benzene rings is 3. The molecule has 4 rings (SSSR count). The lowest BCUT2D eigenvalue weighted by Gasteiger charge is -2.06. The molecule has 1 amide bonds. The highest BCUT2D eigenvalue weighted by molar-refractivity contribution is 5.94. The first-order valence-corrected chi connectivity index (χ1v) is 10.0. The maximum atomic E-state index is 12.4. The molecule has 0 aliphatic rings. The van der Waals surface area contributed by atoms with Gasteiger partial charge >= 0.3 is 0 Å². The van der Waals surface area contributed by atoms with Crippen LogP contribution < -0.4 is 5.32 Å². The van der Waals surface area contributed by atoms with Gasteiger partial charge in [0, 0.05) is 23.2 Å². The van der Waals surface area contributed by atoms with Gasteiger partial charge in [-0.3, -0.25) is 4.79 Å². The average Bonchev–Trinajstić information content (AvgIpc) is 3.28. The van der Waals surface area contributed by atoms with Crippen molar-refractivity contribution in [2.75, 3.05) is 6.54 Å². The lowest BCUT2D eigenvalue weighted by molar-refractivity contribution is 0.0953. The molecule has 0 aliphatic carbocycles. The summed E-state index contributed by atoms with van der Waals surface area (Å²) in [6.45, 7) is 2.64. The summed E-state index contributed by atoms with van der Waals surface area (Å²) in [6.07, 6.45) is 1.85. The van der Waals surface area contributed by atoms with Crippen molar-refractivity contribution in [1.29, 1.82) is 0 Å². The Morgan fingerprint density at radius 2 is 1.57 bits per heavy atom. The van der Waals surface area contributed by atoms with Gasteiger partial charge in [-0.25, -0.2) is 0 Å². The Kier molecular flexibility index (Phi) is 5.99. The van der Waals surface area contributed by atoms with Gasteiger partial charge in [-0.15, -0.1) is 10.2 Å². The molecule has 30 heavy (non-hydrogen) atoms. The molecule has 3 aromatic carbocycles. The molecule has 0 bridgehead atoms. The van der Waals surface area contributed by atoms with Gasteiger partial charge in [-0.1, -0.05) is 48.5 Å². The van der Waals surface area contributed by atoms with Crippen molar-refractivity contribution >= 4 is 5.91 Å². The van der Waals surface area contributed by atoms with Gasteiger partial charge in [-0.2, -0.15) is 0 Å². The van der Waals surface area contributed by atoms with Crippen LogP contribution in [0.15, 0.2) is 83.3 Å². The van der Waals surface area contributed by atoms with Crippen LogP contribution in [0.3, 0.4) is 0 Å². The van der Waals surface area contributed by atoms with E-state index in [1.165, 1.54) is 5.56 Å². The Balaban J connectivity index is 1.35. The summed E-state index contributed by atoms with van der Waals surface area (Å²) in [6, 6.07) is 25.4. The molecule has 0 saturated heterocycles. The summed E-state index contributed by atoms with van der Waals surface area (Å²) in [4.78, 5) is 12.4. The minimum Gasteiger partial charge on any atom is -0.416 e. The monoisotopic (exact) mass is 397 g/mol. The Morgan fingerprint density at radius 3 is 2.33 bits per heavy atom. The molecular weight excluding hydrogens is 374 g/mol. The van der Waals surface area contributed by atoms with Gasteiger partial charge in [0.05, 0.1) is 0 Å². The summed E-state index contributed by atoms with van der Waals surface area (Å²) >= 11 is 0. The maximum Gasteiger partial charge on any atom is 0.251 e. The number of hydrogen-bond donors (Lipinski definition) is 1. The number of amides is 1. The van der Waals surface area contributed by atoms with Crippen molar-refractivity contribution in [1.82, 2.24) is 15.5 Å². The van der Waals surface area contributed by atoms with Crippen molar-refractivity contribution < 1.29 is 9.21 Å². The number of rotatable bonds is 7. The number of nitrogens with zero attached hydrogens (tertiary/aromatic N) is 2. The Hall–Kier alpha value is -3.73.